The van der Waals surface area contributed by atoms with Crippen LogP contribution in [0.3, 0.4) is 0 Å². The Hall–Kier alpha value is -2.33. The molecule has 1 saturated heterocycles. The fourth-order valence-corrected chi connectivity index (χ4v) is 3.14. The lowest BCUT2D eigenvalue weighted by Crippen LogP contribution is -2.35. The van der Waals surface area contributed by atoms with E-state index >= 15 is 0 Å². The van der Waals surface area contributed by atoms with E-state index in [-0.39, 0.29) is 17.9 Å². The zero-order valence-electron chi connectivity index (χ0n) is 13.1. The second-order valence-corrected chi connectivity index (χ2v) is 5.85. The third-order valence-electron chi connectivity index (χ3n) is 4.30. The molecule has 1 aromatic rings. The monoisotopic (exact) mass is 311 g/mol. The van der Waals surface area contributed by atoms with Crippen LogP contribution in [-0.2, 0) is 4.79 Å². The molecule has 0 saturated carbocycles. The number of hydrogen-bond acceptors (Lipinski definition) is 3. The SMILES string of the molecule is COc1cccc([C@@H]2C[C@@H](O)CN2C(=O)C2C=CC=CC=C2)c1. The molecular weight excluding hydrogens is 290 g/mol. The molecule has 1 aliphatic carbocycles. The smallest absolute Gasteiger partial charge is 0.233 e. The van der Waals surface area contributed by atoms with Gasteiger partial charge in [0, 0.05) is 6.54 Å². The third kappa shape index (κ3) is 3.37. The van der Waals surface area contributed by atoms with Crippen molar-refractivity contribution in [2.45, 2.75) is 18.6 Å². The molecule has 0 radical (unpaired) electrons. The summed E-state index contributed by atoms with van der Waals surface area (Å²) in [5.41, 5.74) is 0.994. The lowest BCUT2D eigenvalue weighted by Gasteiger charge is -2.27. The van der Waals surface area contributed by atoms with Gasteiger partial charge in [-0.05, 0) is 24.1 Å². The van der Waals surface area contributed by atoms with Crippen LogP contribution in [0.5, 0.6) is 5.75 Å². The highest BCUT2D eigenvalue weighted by Crippen LogP contribution is 2.35. The van der Waals surface area contributed by atoms with Gasteiger partial charge in [0.15, 0.2) is 0 Å². The minimum Gasteiger partial charge on any atom is -0.497 e. The van der Waals surface area contributed by atoms with Crippen LogP contribution < -0.4 is 4.74 Å². The van der Waals surface area contributed by atoms with Crippen LogP contribution >= 0.6 is 0 Å². The van der Waals surface area contributed by atoms with Gasteiger partial charge >= 0.3 is 0 Å². The summed E-state index contributed by atoms with van der Waals surface area (Å²) in [5.74, 6) is 0.490. The minimum absolute atomic E-state index is 0.0190. The van der Waals surface area contributed by atoms with Crippen molar-refractivity contribution in [3.63, 3.8) is 0 Å². The summed E-state index contributed by atoms with van der Waals surface area (Å²) >= 11 is 0. The Morgan fingerprint density at radius 2 is 1.96 bits per heavy atom. The van der Waals surface area contributed by atoms with Crippen molar-refractivity contribution in [1.82, 2.24) is 4.90 Å². The maximum Gasteiger partial charge on any atom is 0.233 e. The van der Waals surface area contributed by atoms with E-state index in [9.17, 15) is 9.90 Å². The van der Waals surface area contributed by atoms with Crippen molar-refractivity contribution >= 4 is 5.91 Å². The normalized spacial score (nSPS) is 24.0. The third-order valence-corrected chi connectivity index (χ3v) is 4.30. The van der Waals surface area contributed by atoms with E-state index in [4.69, 9.17) is 4.74 Å². The van der Waals surface area contributed by atoms with Gasteiger partial charge in [0.1, 0.15) is 5.75 Å². The number of allylic oxidation sites excluding steroid dienone is 4. The highest BCUT2D eigenvalue weighted by Gasteiger charge is 2.37. The van der Waals surface area contributed by atoms with Gasteiger partial charge in [-0.15, -0.1) is 0 Å². The molecule has 120 valence electrons. The van der Waals surface area contributed by atoms with Gasteiger partial charge in [-0.25, -0.2) is 0 Å². The Bertz CT molecular complexity index is 646. The number of carbonyl (C=O) groups excluding carboxylic acids is 1. The number of likely N-dealkylation sites (tertiary alicyclic amines) is 1. The highest BCUT2D eigenvalue weighted by atomic mass is 16.5. The number of hydrogen-bond donors (Lipinski definition) is 1. The second kappa shape index (κ2) is 6.84. The number of carbonyl (C=O) groups is 1. The van der Waals surface area contributed by atoms with Crippen molar-refractivity contribution < 1.29 is 14.6 Å². The average Bonchev–Trinajstić information content (AvgIpc) is 2.79. The fourth-order valence-electron chi connectivity index (χ4n) is 3.14. The van der Waals surface area contributed by atoms with Gasteiger partial charge in [0.25, 0.3) is 0 Å². The number of aliphatic hydroxyl groups excluding tert-OH is 1. The van der Waals surface area contributed by atoms with E-state index < -0.39 is 6.10 Å². The predicted molar refractivity (Wildman–Crippen MR) is 89.0 cm³/mol. The topological polar surface area (TPSA) is 49.8 Å². The Labute approximate surface area is 136 Å². The van der Waals surface area contributed by atoms with Gasteiger partial charge in [-0.1, -0.05) is 48.6 Å². The number of methoxy groups -OCH3 is 1. The summed E-state index contributed by atoms with van der Waals surface area (Å²) in [6.45, 7) is 0.367. The molecule has 4 heteroatoms. The van der Waals surface area contributed by atoms with Gasteiger partial charge in [0.2, 0.25) is 5.91 Å². The Balaban J connectivity index is 1.85. The number of ether oxygens (including phenoxy) is 1. The Morgan fingerprint density at radius 1 is 1.22 bits per heavy atom. The summed E-state index contributed by atoms with van der Waals surface area (Å²) in [6, 6.07) is 7.58. The van der Waals surface area contributed by atoms with Crippen molar-refractivity contribution in [2.24, 2.45) is 5.92 Å². The number of rotatable bonds is 3. The van der Waals surface area contributed by atoms with Gasteiger partial charge < -0.3 is 14.7 Å². The molecule has 0 unspecified atom stereocenters. The van der Waals surface area contributed by atoms with Crippen molar-refractivity contribution in [3.05, 3.63) is 66.3 Å². The summed E-state index contributed by atoms with van der Waals surface area (Å²) in [4.78, 5) is 14.7. The van der Waals surface area contributed by atoms with E-state index in [1.54, 1.807) is 12.0 Å². The zero-order valence-corrected chi connectivity index (χ0v) is 13.1. The largest absolute Gasteiger partial charge is 0.497 e. The lowest BCUT2D eigenvalue weighted by molar-refractivity contribution is -0.134. The standard InChI is InChI=1S/C19H21NO3/c1-23-17-10-6-9-15(11-17)18-12-16(21)13-20(18)19(22)14-7-4-2-3-5-8-14/h2-11,14,16,18,21H,12-13H2,1H3/t16-,18+/m1/s1. The molecule has 3 rings (SSSR count). The Kier molecular flexibility index (Phi) is 4.63. The number of benzene rings is 1. The van der Waals surface area contributed by atoms with Crippen LogP contribution in [0, 0.1) is 5.92 Å². The quantitative estimate of drug-likeness (QED) is 0.933. The molecule has 1 heterocycles. The molecular formula is C19H21NO3. The minimum atomic E-state index is -0.494. The molecule has 1 N–H and O–H groups in total. The maximum atomic E-state index is 12.9. The number of nitrogens with zero attached hydrogens (tertiary/aromatic N) is 1. The van der Waals surface area contributed by atoms with E-state index in [1.807, 2.05) is 60.7 Å². The molecule has 2 atom stereocenters. The molecule has 1 fully saturated rings. The zero-order chi connectivity index (χ0) is 16.2. The molecule has 23 heavy (non-hydrogen) atoms. The first-order valence-electron chi connectivity index (χ1n) is 7.83. The van der Waals surface area contributed by atoms with E-state index in [1.165, 1.54) is 0 Å². The fraction of sp³-hybridized carbons (Fsp3) is 0.316. The predicted octanol–water partition coefficient (Wildman–Crippen LogP) is 2.63. The van der Waals surface area contributed by atoms with Gasteiger partial charge in [-0.3, -0.25) is 4.79 Å². The summed E-state index contributed by atoms with van der Waals surface area (Å²) in [5, 5.41) is 10.1. The molecule has 0 spiro atoms. The molecule has 1 aliphatic heterocycles. The first-order chi connectivity index (χ1) is 11.2. The molecule has 1 aromatic carbocycles. The van der Waals surface area contributed by atoms with Crippen LogP contribution in [0.4, 0.5) is 0 Å². The Morgan fingerprint density at radius 3 is 2.65 bits per heavy atom. The first kappa shape index (κ1) is 15.6. The summed E-state index contributed by atoms with van der Waals surface area (Å²) in [7, 11) is 1.62. The highest BCUT2D eigenvalue weighted by molar-refractivity contribution is 5.83. The van der Waals surface area contributed by atoms with Crippen molar-refractivity contribution in [1.29, 1.82) is 0 Å². The number of β-amino-alcohol motifs (C(OH)–C–C–N with tert-alkyl or cyclic N) is 1. The van der Waals surface area contributed by atoms with Crippen molar-refractivity contribution in [3.8, 4) is 5.75 Å². The van der Waals surface area contributed by atoms with Gasteiger partial charge in [-0.2, -0.15) is 0 Å². The number of aliphatic hydroxyl groups is 1. The van der Waals surface area contributed by atoms with E-state index in [0.29, 0.717) is 13.0 Å². The van der Waals surface area contributed by atoms with E-state index in [0.717, 1.165) is 11.3 Å². The molecule has 4 nitrogen and oxygen atoms in total. The van der Waals surface area contributed by atoms with Crippen LogP contribution in [0.15, 0.2) is 60.7 Å². The van der Waals surface area contributed by atoms with Crippen LogP contribution in [0.1, 0.15) is 18.0 Å². The molecule has 1 amide bonds. The number of amides is 1. The van der Waals surface area contributed by atoms with Crippen LogP contribution in [0.2, 0.25) is 0 Å². The maximum absolute atomic E-state index is 12.9. The molecule has 0 aromatic heterocycles. The van der Waals surface area contributed by atoms with Gasteiger partial charge in [0.05, 0.1) is 25.2 Å². The summed E-state index contributed by atoms with van der Waals surface area (Å²) < 4.78 is 5.27. The first-order valence-corrected chi connectivity index (χ1v) is 7.83. The molecule has 2 aliphatic rings. The average molecular weight is 311 g/mol. The lowest BCUT2D eigenvalue weighted by atomic mass is 10.0. The summed E-state index contributed by atoms with van der Waals surface area (Å²) in [6.07, 6.45) is 11.4. The second-order valence-electron chi connectivity index (χ2n) is 5.85. The van der Waals surface area contributed by atoms with Crippen molar-refractivity contribution in [2.75, 3.05) is 13.7 Å². The molecule has 0 bridgehead atoms. The van der Waals surface area contributed by atoms with Crippen LogP contribution in [0.25, 0.3) is 0 Å². The van der Waals surface area contributed by atoms with E-state index in [2.05, 4.69) is 0 Å². The van der Waals surface area contributed by atoms with Crippen LogP contribution in [-0.4, -0.2) is 35.7 Å².